The summed E-state index contributed by atoms with van der Waals surface area (Å²) >= 11 is 0. The van der Waals surface area contributed by atoms with Crippen LogP contribution in [-0.2, 0) is 19.9 Å². The van der Waals surface area contributed by atoms with Crippen molar-refractivity contribution in [2.75, 3.05) is 57.0 Å². The number of amides is 1. The van der Waals surface area contributed by atoms with Crippen molar-refractivity contribution in [1.82, 2.24) is 25.2 Å². The summed E-state index contributed by atoms with van der Waals surface area (Å²) in [5, 5.41) is 6.20. The maximum atomic E-state index is 12.4. The Morgan fingerprint density at radius 1 is 1.20 bits per heavy atom. The summed E-state index contributed by atoms with van der Waals surface area (Å²) in [7, 11) is 3.01. The molecule has 1 aromatic carbocycles. The SMILES string of the molecule is C=CC.CCNC.CN(C)C(=O)c1ccc(Nc2ncc3c(n2)N(c2cccc(N=S(C)(C)=O)n2)[C@@H]2CC(C)(C)OC[C@]32C)cc1.[HH]. The third-order valence-corrected chi connectivity index (χ3v) is 8.16. The molecule has 0 unspecified atom stereocenters. The number of nitrogens with zero attached hydrogens (tertiary/aromatic N) is 6. The highest BCUT2D eigenvalue weighted by Crippen LogP contribution is 2.53. The van der Waals surface area contributed by atoms with E-state index in [1.807, 2.05) is 44.4 Å². The number of anilines is 4. The van der Waals surface area contributed by atoms with E-state index in [1.165, 1.54) is 0 Å². The second-order valence-electron chi connectivity index (χ2n) is 12.6. The molecule has 2 aromatic heterocycles. The summed E-state index contributed by atoms with van der Waals surface area (Å²) in [6.07, 6.45) is 7.56. The second kappa shape index (κ2) is 15.1. The van der Waals surface area contributed by atoms with Crippen LogP contribution < -0.4 is 15.5 Å². The van der Waals surface area contributed by atoms with Gasteiger partial charge >= 0.3 is 0 Å². The van der Waals surface area contributed by atoms with Crippen molar-refractivity contribution in [2.45, 2.75) is 58.1 Å². The van der Waals surface area contributed by atoms with Crippen LogP contribution in [0.1, 0.15) is 58.4 Å². The van der Waals surface area contributed by atoms with Crippen molar-refractivity contribution < 1.29 is 15.2 Å². The van der Waals surface area contributed by atoms with E-state index in [9.17, 15) is 9.00 Å². The van der Waals surface area contributed by atoms with Gasteiger partial charge < -0.3 is 25.2 Å². The van der Waals surface area contributed by atoms with Gasteiger partial charge in [0.15, 0.2) is 5.82 Å². The maximum absolute atomic E-state index is 12.4. The van der Waals surface area contributed by atoms with Crippen LogP contribution >= 0.6 is 0 Å². The molecule has 12 heteroatoms. The zero-order chi connectivity index (χ0) is 34.3. The number of carbonyl (C=O) groups is 1. The average molecular weight is 653 g/mol. The molecular weight excluding hydrogens is 600 g/mol. The number of hydrogen-bond donors (Lipinski definition) is 2. The molecule has 2 atom stereocenters. The number of ether oxygens (including phenoxy) is 1. The molecule has 0 spiro atoms. The Morgan fingerprint density at radius 3 is 2.39 bits per heavy atom. The molecule has 2 N–H and O–H groups in total. The molecule has 46 heavy (non-hydrogen) atoms. The van der Waals surface area contributed by atoms with Gasteiger partial charge in [-0.3, -0.25) is 4.79 Å². The highest BCUT2D eigenvalue weighted by atomic mass is 32.2. The first-order chi connectivity index (χ1) is 21.6. The van der Waals surface area contributed by atoms with Crippen LogP contribution in [0.15, 0.2) is 65.7 Å². The van der Waals surface area contributed by atoms with Gasteiger partial charge in [-0.1, -0.05) is 26.0 Å². The minimum Gasteiger partial charge on any atom is -0.374 e. The molecule has 2 aliphatic rings. The van der Waals surface area contributed by atoms with Crippen LogP contribution in [0.4, 0.5) is 29.1 Å². The van der Waals surface area contributed by atoms with Crippen molar-refractivity contribution in [3.8, 4) is 0 Å². The number of benzene rings is 1. The Balaban J connectivity index is 0.000000878. The molecule has 5 rings (SSSR count). The zero-order valence-electron chi connectivity index (χ0n) is 28.9. The number of aromatic nitrogens is 3. The first-order valence-corrected chi connectivity index (χ1v) is 17.7. The normalized spacial score (nSPS) is 19.3. The molecule has 2 aliphatic heterocycles. The van der Waals surface area contributed by atoms with E-state index in [2.05, 4.69) is 59.2 Å². The van der Waals surface area contributed by atoms with Crippen LogP contribution in [0.3, 0.4) is 0 Å². The predicted molar refractivity (Wildman–Crippen MR) is 192 cm³/mol. The molecule has 11 nitrogen and oxygen atoms in total. The van der Waals surface area contributed by atoms with Crippen LogP contribution in [0, 0.1) is 0 Å². The lowest BCUT2D eigenvalue weighted by atomic mass is 9.73. The van der Waals surface area contributed by atoms with E-state index in [0.717, 1.165) is 30.0 Å². The van der Waals surface area contributed by atoms with Crippen LogP contribution in [-0.4, -0.2) is 88.4 Å². The Kier molecular flexibility index (Phi) is 12.0. The number of carbonyl (C=O) groups excluding carboxylic acids is 1. The third-order valence-electron chi connectivity index (χ3n) is 7.53. The van der Waals surface area contributed by atoms with Crippen molar-refractivity contribution in [2.24, 2.45) is 4.36 Å². The predicted octanol–water partition coefficient (Wildman–Crippen LogP) is 6.32. The van der Waals surface area contributed by atoms with Gasteiger partial charge in [0.05, 0.1) is 18.2 Å². The molecule has 1 saturated heterocycles. The van der Waals surface area contributed by atoms with Gasteiger partial charge in [-0.25, -0.2) is 14.2 Å². The van der Waals surface area contributed by atoms with Gasteiger partial charge in [-0.05, 0) is 77.2 Å². The number of rotatable bonds is 6. The highest BCUT2D eigenvalue weighted by molar-refractivity contribution is 7.92. The molecular formula is C34H52N8O3S. The first-order valence-electron chi connectivity index (χ1n) is 15.3. The van der Waals surface area contributed by atoms with Crippen molar-refractivity contribution in [1.29, 1.82) is 0 Å². The van der Waals surface area contributed by atoms with E-state index in [4.69, 9.17) is 14.7 Å². The van der Waals surface area contributed by atoms with Crippen molar-refractivity contribution >= 4 is 44.7 Å². The molecule has 3 aromatic rings. The lowest BCUT2D eigenvalue weighted by Gasteiger charge is -2.46. The maximum Gasteiger partial charge on any atom is 0.253 e. The fourth-order valence-corrected chi connectivity index (χ4v) is 5.72. The monoisotopic (exact) mass is 652 g/mol. The number of allylic oxidation sites excluding steroid dienone is 1. The van der Waals surface area contributed by atoms with Crippen LogP contribution in [0.2, 0.25) is 0 Å². The molecule has 252 valence electrons. The van der Waals surface area contributed by atoms with Gasteiger partial charge in [0, 0.05) is 66.2 Å². The number of fused-ring (bicyclic) bond motifs is 3. The van der Waals surface area contributed by atoms with Gasteiger partial charge in [0.2, 0.25) is 5.95 Å². The van der Waals surface area contributed by atoms with E-state index in [1.54, 1.807) is 55.8 Å². The molecule has 4 heterocycles. The summed E-state index contributed by atoms with van der Waals surface area (Å²) in [6.45, 7) is 15.3. The van der Waals surface area contributed by atoms with Crippen molar-refractivity contribution in [3.05, 3.63) is 72.4 Å². The Morgan fingerprint density at radius 2 is 1.83 bits per heavy atom. The second-order valence-corrected chi connectivity index (χ2v) is 15.2. The molecule has 0 bridgehead atoms. The summed E-state index contributed by atoms with van der Waals surface area (Å²) in [5.41, 5.74) is 1.68. The highest BCUT2D eigenvalue weighted by Gasteiger charge is 2.55. The van der Waals surface area contributed by atoms with Crippen molar-refractivity contribution in [3.63, 3.8) is 0 Å². The number of nitrogens with one attached hydrogen (secondary N) is 2. The van der Waals surface area contributed by atoms with Gasteiger partial charge in [0.25, 0.3) is 5.91 Å². The molecule has 0 radical (unpaired) electrons. The average Bonchev–Trinajstić information content (AvgIpc) is 3.23. The fourth-order valence-electron chi connectivity index (χ4n) is 5.17. The summed E-state index contributed by atoms with van der Waals surface area (Å²) in [4.78, 5) is 30.3. The van der Waals surface area contributed by atoms with Gasteiger partial charge in [-0.2, -0.15) is 9.35 Å². The Bertz CT molecular complexity index is 1630. The molecule has 0 saturated carbocycles. The largest absolute Gasteiger partial charge is 0.374 e. The van der Waals surface area contributed by atoms with E-state index < -0.39 is 9.73 Å². The first kappa shape index (κ1) is 36.6. The fraction of sp³-hybridized carbons (Fsp3) is 0.471. The van der Waals surface area contributed by atoms with Crippen LogP contribution in [0.5, 0.6) is 0 Å². The molecule has 1 amide bonds. The lowest BCUT2D eigenvalue weighted by molar-refractivity contribution is -0.0893. The summed E-state index contributed by atoms with van der Waals surface area (Å²) in [5.74, 6) is 2.22. The van der Waals surface area contributed by atoms with E-state index in [-0.39, 0.29) is 24.4 Å². The molecule has 0 aliphatic carbocycles. The number of hydrogen-bond acceptors (Lipinski definition) is 10. The standard InChI is InChI=1S/C28H35N7O3S.C3H9N.C3H6.H2/c1-27(2)15-21-28(3,17-38-27)20-16-29-26(30-19-13-11-18(12-14-19)25(36)34(4)5)32-24(20)35(21)23-10-8-9-22(31-23)33-39(6,7)37;1-3-4-2;1-3-2;/h8-14,16,21H,15,17H2,1-7H3,(H,29,30,32);4H,3H2,1-2H3;3H,1H2,2H3;1H/t21-,28-;;;/m1.../s1. The smallest absolute Gasteiger partial charge is 0.253 e. The summed E-state index contributed by atoms with van der Waals surface area (Å²) in [6, 6.07) is 12.8. The van der Waals surface area contributed by atoms with Gasteiger partial charge in [-0.15, -0.1) is 6.58 Å². The minimum absolute atomic E-state index is 0. The van der Waals surface area contributed by atoms with Crippen LogP contribution in [0.25, 0.3) is 0 Å². The lowest BCUT2D eigenvalue weighted by Crippen LogP contribution is -2.54. The molecule has 1 fully saturated rings. The van der Waals surface area contributed by atoms with E-state index >= 15 is 0 Å². The van der Waals surface area contributed by atoms with Gasteiger partial charge in [0.1, 0.15) is 11.6 Å². The quantitative estimate of drug-likeness (QED) is 0.295. The Hall–Kier alpha value is -3.87. The minimum atomic E-state index is -2.37. The summed E-state index contributed by atoms with van der Waals surface area (Å²) < 4.78 is 23.0. The number of pyridine rings is 1. The third kappa shape index (κ3) is 8.89. The van der Waals surface area contributed by atoms with E-state index in [0.29, 0.717) is 29.8 Å². The topological polar surface area (TPSA) is 125 Å². The Labute approximate surface area is 276 Å². The zero-order valence-corrected chi connectivity index (χ0v) is 29.7.